The van der Waals surface area contributed by atoms with Gasteiger partial charge in [-0.2, -0.15) is 0 Å². The molecule has 0 aromatic carbocycles. The summed E-state index contributed by atoms with van der Waals surface area (Å²) in [4.78, 5) is 27.2. The fourth-order valence-electron chi connectivity index (χ4n) is 4.37. The van der Waals surface area contributed by atoms with Crippen molar-refractivity contribution in [2.24, 2.45) is 11.8 Å². The Morgan fingerprint density at radius 3 is 1.63 bits per heavy atom. The molecule has 1 fully saturated rings. The van der Waals surface area contributed by atoms with Gasteiger partial charge in [-0.05, 0) is 53.4 Å². The maximum Gasteiger partial charge on any atom is 0.310 e. The Bertz CT molecular complexity index is 532. The molecule has 0 amide bonds. The van der Waals surface area contributed by atoms with E-state index in [1.54, 1.807) is 0 Å². The van der Waals surface area contributed by atoms with E-state index >= 15 is 0 Å². The minimum absolute atomic E-state index is 0.000209. The molecule has 0 heterocycles. The molecule has 8 unspecified atom stereocenters. The van der Waals surface area contributed by atoms with E-state index in [1.807, 2.05) is 27.7 Å². The Balaban J connectivity index is 3.11. The molecular formula is C22H41NO7. The van der Waals surface area contributed by atoms with Gasteiger partial charge < -0.3 is 24.8 Å². The molecule has 0 spiro atoms. The van der Waals surface area contributed by atoms with E-state index in [0.29, 0.717) is 12.8 Å². The first kappa shape index (κ1) is 26.8. The van der Waals surface area contributed by atoms with Gasteiger partial charge in [0.15, 0.2) is 0 Å². The second-order valence-electron chi connectivity index (χ2n) is 8.60. The lowest BCUT2D eigenvalue weighted by atomic mass is 9.74. The molecule has 30 heavy (non-hydrogen) atoms. The van der Waals surface area contributed by atoms with E-state index in [0.717, 1.165) is 12.8 Å². The lowest BCUT2D eigenvalue weighted by molar-refractivity contribution is -0.182. The second-order valence-corrected chi connectivity index (χ2v) is 8.60. The number of carbonyl (C=O) groups is 2. The molecule has 3 N–H and O–H groups in total. The molecule has 0 radical (unpaired) electrons. The van der Waals surface area contributed by atoms with Gasteiger partial charge in [-0.25, -0.2) is 4.90 Å². The van der Waals surface area contributed by atoms with Crippen molar-refractivity contribution in [2.75, 3.05) is 0 Å². The lowest BCUT2D eigenvalue weighted by Crippen LogP contribution is -2.58. The van der Waals surface area contributed by atoms with Crippen LogP contribution in [0.2, 0.25) is 0 Å². The van der Waals surface area contributed by atoms with Crippen molar-refractivity contribution in [1.29, 1.82) is 0 Å². The van der Waals surface area contributed by atoms with Crippen LogP contribution in [-0.2, 0) is 19.1 Å². The average Bonchev–Trinajstić information content (AvgIpc) is 2.62. The summed E-state index contributed by atoms with van der Waals surface area (Å²) in [6, 6.07) is -0.693. The van der Waals surface area contributed by atoms with Crippen LogP contribution in [0.5, 0.6) is 0 Å². The average molecular weight is 432 g/mol. The van der Waals surface area contributed by atoms with Crippen molar-refractivity contribution in [3.63, 3.8) is 0 Å². The molecule has 0 saturated heterocycles. The van der Waals surface area contributed by atoms with Gasteiger partial charge in [0.1, 0.15) is 12.5 Å². The van der Waals surface area contributed by atoms with Gasteiger partial charge >= 0.3 is 11.9 Å². The van der Waals surface area contributed by atoms with Crippen LogP contribution in [-0.4, -0.2) is 69.0 Å². The Morgan fingerprint density at radius 2 is 1.27 bits per heavy atom. The monoisotopic (exact) mass is 431 g/mol. The molecule has 1 rings (SSSR count). The topological polar surface area (TPSA) is 117 Å². The second kappa shape index (κ2) is 12.6. The van der Waals surface area contributed by atoms with Gasteiger partial charge in [-0.15, -0.1) is 0 Å². The van der Waals surface area contributed by atoms with Crippen molar-refractivity contribution in [1.82, 2.24) is 4.90 Å². The van der Waals surface area contributed by atoms with Crippen molar-refractivity contribution < 1.29 is 34.4 Å². The zero-order valence-corrected chi connectivity index (χ0v) is 19.3. The van der Waals surface area contributed by atoms with E-state index in [4.69, 9.17) is 9.47 Å². The number of ether oxygens (including phenoxy) is 2. The highest BCUT2D eigenvalue weighted by molar-refractivity contribution is 5.82. The highest BCUT2D eigenvalue weighted by Gasteiger charge is 2.48. The molecule has 8 nitrogen and oxygen atoms in total. The molecular weight excluding hydrogens is 390 g/mol. The Kier molecular flexibility index (Phi) is 11.3. The van der Waals surface area contributed by atoms with Crippen molar-refractivity contribution in [2.45, 2.75) is 117 Å². The summed E-state index contributed by atoms with van der Waals surface area (Å²) >= 11 is 0. The first-order chi connectivity index (χ1) is 14.0. The van der Waals surface area contributed by atoms with Crippen LogP contribution >= 0.6 is 0 Å². The van der Waals surface area contributed by atoms with Crippen LogP contribution in [0.3, 0.4) is 0 Å². The fourth-order valence-corrected chi connectivity index (χ4v) is 4.37. The smallest absolute Gasteiger partial charge is 0.310 e. The standard InChI is InChI=1S/C22H41NO7/c1-7-9-13(3)29-21(27)17-11-19(23(15(5)24)16(6)25)20(26)12-18(17)22(28)30-14(4)10-8-2/h13-20,24-26H,7-12H2,1-6H3. The zero-order valence-electron chi connectivity index (χ0n) is 19.3. The third-order valence-corrected chi connectivity index (χ3v) is 5.80. The van der Waals surface area contributed by atoms with E-state index < -0.39 is 48.4 Å². The summed E-state index contributed by atoms with van der Waals surface area (Å²) in [6.07, 6.45) is -0.416. The SMILES string of the molecule is CCCC(C)OC(=O)C1CC(O)C(N(C(C)O)C(C)O)CC1C(=O)OC(C)CCC. The molecule has 0 aliphatic heterocycles. The maximum absolute atomic E-state index is 13.0. The van der Waals surface area contributed by atoms with Gasteiger partial charge in [0.05, 0.1) is 30.1 Å². The summed E-state index contributed by atoms with van der Waals surface area (Å²) in [5, 5.41) is 30.9. The summed E-state index contributed by atoms with van der Waals surface area (Å²) < 4.78 is 11.1. The number of rotatable bonds is 11. The predicted octanol–water partition coefficient (Wildman–Crippen LogP) is 2.18. The highest BCUT2D eigenvalue weighted by atomic mass is 16.6. The number of esters is 2. The lowest BCUT2D eigenvalue weighted by Gasteiger charge is -2.44. The van der Waals surface area contributed by atoms with E-state index in [9.17, 15) is 24.9 Å². The molecule has 0 aromatic heterocycles. The van der Waals surface area contributed by atoms with Gasteiger partial charge in [0, 0.05) is 6.04 Å². The molecule has 8 heteroatoms. The summed E-state index contributed by atoms with van der Waals surface area (Å²) in [5.41, 5.74) is 0. The number of hydrogen-bond donors (Lipinski definition) is 3. The van der Waals surface area contributed by atoms with Crippen molar-refractivity contribution in [3.05, 3.63) is 0 Å². The van der Waals surface area contributed by atoms with Crippen LogP contribution in [0.15, 0.2) is 0 Å². The van der Waals surface area contributed by atoms with E-state index in [2.05, 4.69) is 0 Å². The van der Waals surface area contributed by atoms with Crippen LogP contribution in [0.25, 0.3) is 0 Å². The number of carbonyl (C=O) groups excluding carboxylic acids is 2. The third kappa shape index (κ3) is 7.48. The molecule has 8 atom stereocenters. The van der Waals surface area contributed by atoms with Crippen molar-refractivity contribution in [3.8, 4) is 0 Å². The van der Waals surface area contributed by atoms with Crippen LogP contribution in [0.4, 0.5) is 0 Å². The molecule has 176 valence electrons. The van der Waals surface area contributed by atoms with Gasteiger partial charge in [-0.3, -0.25) is 9.59 Å². The summed E-state index contributed by atoms with van der Waals surface area (Å²) in [6.45, 7) is 10.6. The first-order valence-electron chi connectivity index (χ1n) is 11.3. The van der Waals surface area contributed by atoms with Crippen molar-refractivity contribution >= 4 is 11.9 Å². The summed E-state index contributed by atoms with van der Waals surface area (Å²) in [5.74, 6) is -2.67. The van der Waals surface area contributed by atoms with Crippen LogP contribution in [0.1, 0.15) is 80.1 Å². The summed E-state index contributed by atoms with van der Waals surface area (Å²) in [7, 11) is 0. The number of nitrogens with zero attached hydrogens (tertiary/aromatic N) is 1. The van der Waals surface area contributed by atoms with Crippen LogP contribution < -0.4 is 0 Å². The Morgan fingerprint density at radius 1 is 0.867 bits per heavy atom. The molecule has 0 aromatic rings. The van der Waals surface area contributed by atoms with Gasteiger partial charge in [0.25, 0.3) is 0 Å². The highest BCUT2D eigenvalue weighted by Crippen LogP contribution is 2.36. The first-order valence-corrected chi connectivity index (χ1v) is 11.3. The Hall–Kier alpha value is -1.22. The minimum Gasteiger partial charge on any atom is -0.462 e. The third-order valence-electron chi connectivity index (χ3n) is 5.80. The maximum atomic E-state index is 13.0. The number of aliphatic hydroxyl groups excluding tert-OH is 3. The number of aliphatic hydroxyl groups is 3. The molecule has 0 bridgehead atoms. The predicted molar refractivity (Wildman–Crippen MR) is 112 cm³/mol. The fraction of sp³-hybridized carbons (Fsp3) is 0.909. The number of hydrogen-bond acceptors (Lipinski definition) is 8. The molecule has 1 aliphatic rings. The van der Waals surface area contributed by atoms with E-state index in [1.165, 1.54) is 18.7 Å². The zero-order chi connectivity index (χ0) is 23.0. The largest absolute Gasteiger partial charge is 0.462 e. The van der Waals surface area contributed by atoms with Gasteiger partial charge in [0.2, 0.25) is 0 Å². The van der Waals surface area contributed by atoms with E-state index in [-0.39, 0.29) is 25.0 Å². The molecule has 1 saturated carbocycles. The Labute approximate surface area is 180 Å². The van der Waals surface area contributed by atoms with Gasteiger partial charge in [-0.1, -0.05) is 26.7 Å². The minimum atomic E-state index is -1.03. The normalized spacial score (nSPS) is 28.5. The quantitative estimate of drug-likeness (QED) is 0.337. The molecule has 1 aliphatic carbocycles. The van der Waals surface area contributed by atoms with Crippen LogP contribution in [0, 0.1) is 11.8 Å².